The fraction of sp³-hybridized carbons (Fsp3) is 0.238. The van der Waals surface area contributed by atoms with Gasteiger partial charge in [0.25, 0.3) is 0 Å². The molecular weight excluding hydrogens is 356 g/mol. The van der Waals surface area contributed by atoms with Crippen LogP contribution >= 0.6 is 0 Å². The van der Waals surface area contributed by atoms with Crippen molar-refractivity contribution < 1.29 is 14.1 Å². The van der Waals surface area contributed by atoms with Crippen LogP contribution in [-0.4, -0.2) is 22.0 Å². The number of nitrogens with one attached hydrogen (secondary N) is 1. The second kappa shape index (κ2) is 8.47. The van der Waals surface area contributed by atoms with Gasteiger partial charge in [0.05, 0.1) is 5.56 Å². The maximum atomic E-state index is 12.6. The Hall–Kier alpha value is -3.48. The van der Waals surface area contributed by atoms with E-state index in [-0.39, 0.29) is 17.7 Å². The van der Waals surface area contributed by atoms with Crippen molar-refractivity contribution in [1.29, 1.82) is 0 Å². The van der Waals surface area contributed by atoms with Crippen molar-refractivity contribution in [3.8, 4) is 22.4 Å². The molecule has 2 amide bonds. The van der Waals surface area contributed by atoms with E-state index in [4.69, 9.17) is 10.3 Å². The highest BCUT2D eigenvalue weighted by atomic mass is 16.5. The van der Waals surface area contributed by atoms with Gasteiger partial charge >= 0.3 is 0 Å². The molecule has 0 saturated carbocycles. The zero-order valence-electron chi connectivity index (χ0n) is 15.8. The Morgan fingerprint density at radius 1 is 1.14 bits per heavy atom. The van der Waals surface area contributed by atoms with Crippen molar-refractivity contribution in [2.45, 2.75) is 26.7 Å². The van der Waals surface area contributed by atoms with Crippen LogP contribution in [0.2, 0.25) is 0 Å². The summed E-state index contributed by atoms with van der Waals surface area (Å²) in [5.74, 6) is -0.696. The predicted molar refractivity (Wildman–Crippen MR) is 106 cm³/mol. The van der Waals surface area contributed by atoms with Crippen LogP contribution in [0.25, 0.3) is 22.4 Å². The third kappa shape index (κ3) is 3.78. The van der Waals surface area contributed by atoms with Gasteiger partial charge < -0.3 is 10.3 Å². The van der Waals surface area contributed by atoms with Gasteiger partial charge in [-0.2, -0.15) is 0 Å². The smallest absolute Gasteiger partial charge is 0.249 e. The van der Waals surface area contributed by atoms with Crippen LogP contribution in [0.4, 0.5) is 5.88 Å². The van der Waals surface area contributed by atoms with Crippen molar-refractivity contribution in [3.63, 3.8) is 0 Å². The number of benzene rings is 1. The molecule has 0 aliphatic rings. The molecule has 0 aliphatic heterocycles. The molecule has 28 heavy (non-hydrogen) atoms. The molecule has 0 atom stereocenters. The zero-order chi connectivity index (χ0) is 20.1. The van der Waals surface area contributed by atoms with Gasteiger partial charge in [-0.05, 0) is 31.0 Å². The Bertz CT molecular complexity index is 978. The number of hydrogen-bond donors (Lipinski definition) is 2. The summed E-state index contributed by atoms with van der Waals surface area (Å²) in [7, 11) is 0. The van der Waals surface area contributed by atoms with Crippen LogP contribution in [0.1, 0.15) is 37.0 Å². The van der Waals surface area contributed by atoms with Gasteiger partial charge in [0, 0.05) is 35.0 Å². The van der Waals surface area contributed by atoms with Crippen LogP contribution in [0, 0.1) is 5.92 Å². The van der Waals surface area contributed by atoms with Gasteiger partial charge in [-0.3, -0.25) is 19.9 Å². The molecule has 7 nitrogen and oxygen atoms in total. The molecule has 0 aliphatic carbocycles. The van der Waals surface area contributed by atoms with Gasteiger partial charge in [-0.25, -0.2) is 0 Å². The Balaban J connectivity index is 2.16. The van der Waals surface area contributed by atoms with E-state index in [1.165, 1.54) is 0 Å². The largest absolute Gasteiger partial charge is 0.366 e. The summed E-state index contributed by atoms with van der Waals surface area (Å²) < 4.78 is 5.49. The Morgan fingerprint density at radius 3 is 2.54 bits per heavy atom. The first-order valence-corrected chi connectivity index (χ1v) is 9.16. The maximum absolute atomic E-state index is 12.6. The van der Waals surface area contributed by atoms with Crippen LogP contribution in [-0.2, 0) is 4.79 Å². The highest BCUT2D eigenvalue weighted by Gasteiger charge is 2.25. The lowest BCUT2D eigenvalue weighted by Crippen LogP contribution is -2.21. The molecule has 3 aromatic rings. The first kappa shape index (κ1) is 19.3. The third-order valence-electron chi connectivity index (χ3n) is 4.68. The van der Waals surface area contributed by atoms with E-state index in [2.05, 4.69) is 15.5 Å². The van der Waals surface area contributed by atoms with Crippen molar-refractivity contribution in [1.82, 2.24) is 10.1 Å². The number of primary amides is 1. The van der Waals surface area contributed by atoms with E-state index >= 15 is 0 Å². The molecule has 0 unspecified atom stereocenters. The number of hydrogen-bond acceptors (Lipinski definition) is 5. The number of carbonyl (C=O) groups excluding carboxylic acids is 2. The minimum Gasteiger partial charge on any atom is -0.366 e. The van der Waals surface area contributed by atoms with Gasteiger partial charge in [-0.15, -0.1) is 0 Å². The number of amides is 2. The lowest BCUT2D eigenvalue weighted by atomic mass is 9.96. The Morgan fingerprint density at radius 2 is 1.89 bits per heavy atom. The molecule has 0 fully saturated rings. The molecule has 2 aromatic heterocycles. The Kier molecular flexibility index (Phi) is 5.84. The van der Waals surface area contributed by atoms with Crippen molar-refractivity contribution >= 4 is 17.7 Å². The van der Waals surface area contributed by atoms with Gasteiger partial charge in [0.1, 0.15) is 5.69 Å². The highest BCUT2D eigenvalue weighted by Crippen LogP contribution is 2.39. The lowest BCUT2D eigenvalue weighted by molar-refractivity contribution is -0.120. The van der Waals surface area contributed by atoms with Gasteiger partial charge in [-0.1, -0.05) is 37.2 Å². The summed E-state index contributed by atoms with van der Waals surface area (Å²) >= 11 is 0. The van der Waals surface area contributed by atoms with Crippen molar-refractivity contribution in [2.24, 2.45) is 11.7 Å². The average Bonchev–Trinajstić information content (AvgIpc) is 3.12. The van der Waals surface area contributed by atoms with E-state index < -0.39 is 5.91 Å². The predicted octanol–water partition coefficient (Wildman–Crippen LogP) is 3.88. The number of anilines is 1. The topological polar surface area (TPSA) is 111 Å². The molecule has 0 spiro atoms. The Labute approximate surface area is 162 Å². The normalized spacial score (nSPS) is 10.8. The molecule has 7 heteroatoms. The van der Waals surface area contributed by atoms with Crippen LogP contribution in [0.3, 0.4) is 0 Å². The molecule has 3 N–H and O–H groups in total. The van der Waals surface area contributed by atoms with E-state index in [1.807, 2.05) is 19.9 Å². The zero-order valence-corrected chi connectivity index (χ0v) is 15.8. The number of rotatable bonds is 7. The molecule has 3 rings (SSSR count). The molecule has 1 aromatic carbocycles. The van der Waals surface area contributed by atoms with E-state index in [0.717, 1.165) is 0 Å². The molecule has 144 valence electrons. The molecule has 0 radical (unpaired) electrons. The second-order valence-electron chi connectivity index (χ2n) is 6.39. The summed E-state index contributed by atoms with van der Waals surface area (Å²) in [5.41, 5.74) is 8.09. The summed E-state index contributed by atoms with van der Waals surface area (Å²) in [4.78, 5) is 28.7. The van der Waals surface area contributed by atoms with Gasteiger partial charge in [0.2, 0.25) is 17.7 Å². The summed E-state index contributed by atoms with van der Waals surface area (Å²) in [6, 6.07) is 10.5. The number of nitrogens with zero attached hydrogens (tertiary/aromatic N) is 2. The first-order chi connectivity index (χ1) is 13.6. The van der Waals surface area contributed by atoms with Crippen molar-refractivity contribution in [2.75, 3.05) is 5.32 Å². The monoisotopic (exact) mass is 378 g/mol. The number of carbonyl (C=O) groups is 2. The SMILES string of the molecule is CCC(CC)C(=O)Nc1onc(-c2cccnc2)c1-c1ccccc1C(N)=O. The van der Waals surface area contributed by atoms with E-state index in [0.29, 0.717) is 40.8 Å². The number of nitrogens with two attached hydrogens (primary N) is 1. The summed E-state index contributed by atoms with van der Waals surface area (Å²) in [6.45, 7) is 3.91. The first-order valence-electron chi connectivity index (χ1n) is 9.16. The molecular formula is C21H22N4O3. The fourth-order valence-electron chi connectivity index (χ4n) is 3.11. The van der Waals surface area contributed by atoms with Crippen LogP contribution in [0.15, 0.2) is 53.3 Å². The number of aromatic nitrogens is 2. The summed E-state index contributed by atoms with van der Waals surface area (Å²) in [5, 5.41) is 6.97. The van der Waals surface area contributed by atoms with E-state index in [9.17, 15) is 9.59 Å². The second-order valence-corrected chi connectivity index (χ2v) is 6.39. The minimum absolute atomic E-state index is 0.147. The molecule has 0 saturated heterocycles. The van der Waals surface area contributed by atoms with Crippen LogP contribution < -0.4 is 11.1 Å². The van der Waals surface area contributed by atoms with Gasteiger partial charge in [0.15, 0.2) is 0 Å². The molecule has 2 heterocycles. The quantitative estimate of drug-likeness (QED) is 0.648. The number of pyridine rings is 1. The standard InChI is InChI=1S/C21H22N4O3/c1-3-13(4-2)20(27)24-21-17(15-9-5-6-10-16(15)19(22)26)18(25-28-21)14-8-7-11-23-12-14/h5-13H,3-4H2,1-2H3,(H2,22,26)(H,24,27). The third-order valence-corrected chi connectivity index (χ3v) is 4.68. The fourth-order valence-corrected chi connectivity index (χ4v) is 3.11. The van der Waals surface area contributed by atoms with Crippen LogP contribution in [0.5, 0.6) is 0 Å². The highest BCUT2D eigenvalue weighted by molar-refractivity contribution is 6.05. The maximum Gasteiger partial charge on any atom is 0.249 e. The van der Waals surface area contributed by atoms with Crippen molar-refractivity contribution in [3.05, 3.63) is 54.4 Å². The molecule has 0 bridgehead atoms. The lowest BCUT2D eigenvalue weighted by Gasteiger charge is -2.13. The minimum atomic E-state index is -0.578. The average molecular weight is 378 g/mol. The van der Waals surface area contributed by atoms with E-state index in [1.54, 1.807) is 42.7 Å². The summed E-state index contributed by atoms with van der Waals surface area (Å²) in [6.07, 6.45) is 4.70.